The molecule has 0 fully saturated rings. The van der Waals surface area contributed by atoms with Crippen LogP contribution in [0.4, 0.5) is 11.4 Å². The molecule has 1 amide bonds. The predicted octanol–water partition coefficient (Wildman–Crippen LogP) is 3.83. The van der Waals surface area contributed by atoms with Gasteiger partial charge >= 0.3 is 0 Å². The SMILES string of the molecule is CC(C)N(Cc1cc(NC(=O)c2ccccc2Cl)ccc1N(C)C)S(C)(=O)=O. The molecule has 0 spiro atoms. The molecule has 152 valence electrons. The molecule has 0 aliphatic rings. The van der Waals surface area contributed by atoms with Crippen molar-refractivity contribution in [1.82, 2.24) is 4.31 Å². The molecule has 2 aromatic carbocycles. The van der Waals surface area contributed by atoms with Gasteiger partial charge in [0, 0.05) is 38.1 Å². The van der Waals surface area contributed by atoms with Crippen molar-refractivity contribution in [2.45, 2.75) is 26.4 Å². The van der Waals surface area contributed by atoms with Crippen LogP contribution in [0.25, 0.3) is 0 Å². The number of carbonyl (C=O) groups excluding carboxylic acids is 1. The van der Waals surface area contributed by atoms with Crippen molar-refractivity contribution >= 4 is 38.9 Å². The molecule has 2 rings (SSSR count). The summed E-state index contributed by atoms with van der Waals surface area (Å²) in [5.74, 6) is -0.321. The summed E-state index contributed by atoms with van der Waals surface area (Å²) in [6.45, 7) is 3.87. The molecule has 0 saturated heterocycles. The average Bonchev–Trinajstić information content (AvgIpc) is 2.58. The Morgan fingerprint density at radius 1 is 1.14 bits per heavy atom. The summed E-state index contributed by atoms with van der Waals surface area (Å²) in [4.78, 5) is 14.5. The largest absolute Gasteiger partial charge is 0.377 e. The van der Waals surface area contributed by atoms with Crippen LogP contribution in [0.2, 0.25) is 5.02 Å². The Kier molecular flexibility index (Phi) is 7.09. The van der Waals surface area contributed by atoms with Crippen molar-refractivity contribution in [1.29, 1.82) is 0 Å². The van der Waals surface area contributed by atoms with Crippen LogP contribution < -0.4 is 10.2 Å². The molecule has 0 unspecified atom stereocenters. The maximum atomic E-state index is 12.5. The molecular weight excluding hydrogens is 398 g/mol. The molecule has 0 atom stereocenters. The molecule has 0 radical (unpaired) electrons. The quantitative estimate of drug-likeness (QED) is 0.734. The van der Waals surface area contributed by atoms with Crippen LogP contribution >= 0.6 is 11.6 Å². The second kappa shape index (κ2) is 8.94. The van der Waals surface area contributed by atoms with Gasteiger partial charge in [-0.05, 0) is 49.7 Å². The van der Waals surface area contributed by atoms with E-state index >= 15 is 0 Å². The number of nitrogens with one attached hydrogen (secondary N) is 1. The van der Waals surface area contributed by atoms with Crippen molar-refractivity contribution in [3.05, 3.63) is 58.6 Å². The van der Waals surface area contributed by atoms with Crippen molar-refractivity contribution in [3.8, 4) is 0 Å². The highest BCUT2D eigenvalue weighted by atomic mass is 35.5. The van der Waals surface area contributed by atoms with Crippen molar-refractivity contribution < 1.29 is 13.2 Å². The number of halogens is 1. The third kappa shape index (κ3) is 5.47. The molecule has 0 aromatic heterocycles. The first-order valence-corrected chi connectivity index (χ1v) is 11.1. The van der Waals surface area contributed by atoms with Crippen LogP contribution in [0.3, 0.4) is 0 Å². The maximum Gasteiger partial charge on any atom is 0.257 e. The Balaban J connectivity index is 2.37. The van der Waals surface area contributed by atoms with Gasteiger partial charge in [0.1, 0.15) is 0 Å². The summed E-state index contributed by atoms with van der Waals surface area (Å²) in [6.07, 6.45) is 1.20. The second-order valence-corrected chi connectivity index (χ2v) is 9.42. The minimum atomic E-state index is -3.38. The lowest BCUT2D eigenvalue weighted by molar-refractivity contribution is 0.102. The van der Waals surface area contributed by atoms with E-state index in [-0.39, 0.29) is 18.5 Å². The first kappa shape index (κ1) is 22.2. The molecule has 0 heterocycles. The van der Waals surface area contributed by atoms with E-state index in [1.165, 1.54) is 10.6 Å². The highest BCUT2D eigenvalue weighted by molar-refractivity contribution is 7.88. The van der Waals surface area contributed by atoms with E-state index in [0.717, 1.165) is 11.3 Å². The number of hydrogen-bond donors (Lipinski definition) is 1. The number of carbonyl (C=O) groups is 1. The molecule has 28 heavy (non-hydrogen) atoms. The first-order valence-electron chi connectivity index (χ1n) is 8.83. The minimum Gasteiger partial charge on any atom is -0.377 e. The molecule has 8 heteroatoms. The van der Waals surface area contributed by atoms with E-state index in [9.17, 15) is 13.2 Å². The Hall–Kier alpha value is -2.09. The standard InChI is InChI=1S/C20H26ClN3O3S/c1-14(2)24(28(5,26)27)13-15-12-16(10-11-19(15)23(3)4)22-20(25)17-8-6-7-9-18(17)21/h6-12,14H,13H2,1-5H3,(H,22,25). The first-order chi connectivity index (χ1) is 13.0. The number of sulfonamides is 1. The van der Waals surface area contributed by atoms with Gasteiger partial charge in [-0.25, -0.2) is 8.42 Å². The number of benzene rings is 2. The summed E-state index contributed by atoms with van der Waals surface area (Å²) in [6, 6.07) is 12.1. The number of anilines is 2. The van der Waals surface area contributed by atoms with Crippen molar-refractivity contribution in [3.63, 3.8) is 0 Å². The fraction of sp³-hybridized carbons (Fsp3) is 0.350. The molecule has 2 aromatic rings. The molecule has 0 aliphatic heterocycles. The van der Waals surface area contributed by atoms with Gasteiger partial charge in [0.15, 0.2) is 0 Å². The van der Waals surface area contributed by atoms with Crippen LogP contribution in [-0.4, -0.2) is 45.0 Å². The zero-order valence-electron chi connectivity index (χ0n) is 16.7. The van der Waals surface area contributed by atoms with E-state index in [0.29, 0.717) is 16.3 Å². The van der Waals surface area contributed by atoms with Crippen molar-refractivity contribution in [2.24, 2.45) is 0 Å². The van der Waals surface area contributed by atoms with Crippen LogP contribution in [0.1, 0.15) is 29.8 Å². The smallest absolute Gasteiger partial charge is 0.257 e. The van der Waals surface area contributed by atoms with Gasteiger partial charge in [0.2, 0.25) is 10.0 Å². The lowest BCUT2D eigenvalue weighted by atomic mass is 10.1. The summed E-state index contributed by atoms with van der Waals surface area (Å²) in [5.41, 5.74) is 2.62. The second-order valence-electron chi connectivity index (χ2n) is 7.07. The molecule has 0 saturated carbocycles. The van der Waals surface area contributed by atoms with Crippen LogP contribution in [0, 0.1) is 0 Å². The topological polar surface area (TPSA) is 69.7 Å². The predicted molar refractivity (Wildman–Crippen MR) is 116 cm³/mol. The fourth-order valence-corrected chi connectivity index (χ4v) is 4.28. The van der Waals surface area contributed by atoms with Gasteiger partial charge in [-0.3, -0.25) is 4.79 Å². The van der Waals surface area contributed by atoms with Gasteiger partial charge in [0.05, 0.1) is 16.8 Å². The number of hydrogen-bond acceptors (Lipinski definition) is 4. The van der Waals surface area contributed by atoms with E-state index in [1.54, 1.807) is 36.4 Å². The zero-order chi connectivity index (χ0) is 21.1. The Morgan fingerprint density at radius 2 is 1.79 bits per heavy atom. The number of rotatable bonds is 7. The third-order valence-corrected chi connectivity index (χ3v) is 6.00. The lowest BCUT2D eigenvalue weighted by Crippen LogP contribution is -2.36. The summed E-state index contributed by atoms with van der Waals surface area (Å²) in [7, 11) is 0.400. The highest BCUT2D eigenvalue weighted by Gasteiger charge is 2.22. The summed E-state index contributed by atoms with van der Waals surface area (Å²) < 4.78 is 25.8. The maximum absolute atomic E-state index is 12.5. The van der Waals surface area contributed by atoms with E-state index in [2.05, 4.69) is 5.32 Å². The van der Waals surface area contributed by atoms with Gasteiger partial charge < -0.3 is 10.2 Å². The van der Waals surface area contributed by atoms with Gasteiger partial charge in [-0.15, -0.1) is 0 Å². The molecule has 0 aliphatic carbocycles. The number of nitrogens with zero attached hydrogens (tertiary/aromatic N) is 2. The van der Waals surface area contributed by atoms with Crippen molar-refractivity contribution in [2.75, 3.05) is 30.6 Å². The van der Waals surface area contributed by atoms with Crippen LogP contribution in [0.15, 0.2) is 42.5 Å². The van der Waals surface area contributed by atoms with Gasteiger partial charge in [0.25, 0.3) is 5.91 Å². The van der Waals surface area contributed by atoms with E-state index in [4.69, 9.17) is 11.6 Å². The average molecular weight is 424 g/mol. The molecule has 6 nitrogen and oxygen atoms in total. The van der Waals surface area contributed by atoms with Gasteiger partial charge in [-0.2, -0.15) is 4.31 Å². The van der Waals surface area contributed by atoms with E-state index in [1.807, 2.05) is 38.9 Å². The molecular formula is C20H26ClN3O3S. The monoisotopic (exact) mass is 423 g/mol. The van der Waals surface area contributed by atoms with E-state index < -0.39 is 10.0 Å². The fourth-order valence-electron chi connectivity index (χ4n) is 2.92. The molecule has 0 bridgehead atoms. The Labute approximate surface area is 172 Å². The molecule has 1 N–H and O–H groups in total. The van der Waals surface area contributed by atoms with Crippen LogP contribution in [0.5, 0.6) is 0 Å². The number of amides is 1. The van der Waals surface area contributed by atoms with Gasteiger partial charge in [-0.1, -0.05) is 23.7 Å². The normalized spacial score (nSPS) is 11.7. The third-order valence-electron chi connectivity index (χ3n) is 4.27. The highest BCUT2D eigenvalue weighted by Crippen LogP contribution is 2.27. The van der Waals surface area contributed by atoms with Crippen LogP contribution in [-0.2, 0) is 16.6 Å². The lowest BCUT2D eigenvalue weighted by Gasteiger charge is -2.27. The summed E-state index contributed by atoms with van der Waals surface area (Å²) >= 11 is 6.10. The minimum absolute atomic E-state index is 0.189. The Morgan fingerprint density at radius 3 is 2.32 bits per heavy atom. The summed E-state index contributed by atoms with van der Waals surface area (Å²) in [5, 5.41) is 3.21. The Bertz CT molecular complexity index is 959. The zero-order valence-corrected chi connectivity index (χ0v) is 18.3.